The molecular weight excluding hydrogens is 524 g/mol. The van der Waals surface area contributed by atoms with Crippen LogP contribution in [0.5, 0.6) is 11.5 Å². The molecule has 0 saturated carbocycles. The number of nitrogens with zero attached hydrogens (tertiary/aromatic N) is 2. The van der Waals surface area contributed by atoms with Crippen LogP contribution in [0.2, 0.25) is 0 Å². The predicted molar refractivity (Wildman–Crippen MR) is 158 cm³/mol. The first-order chi connectivity index (χ1) is 19.2. The number of Topliss-reactive ketones (excluding diaryl/α,β-unsaturated/α-hetero) is 1. The highest BCUT2D eigenvalue weighted by molar-refractivity contribution is 7.22. The minimum absolute atomic E-state index is 0.000168. The fraction of sp³-hybridized carbons (Fsp3) is 0.281. The maximum absolute atomic E-state index is 13.6. The molecule has 1 saturated heterocycles. The Morgan fingerprint density at radius 3 is 2.42 bits per heavy atom. The van der Waals surface area contributed by atoms with Gasteiger partial charge in [0, 0.05) is 5.56 Å². The molecule has 1 aromatic heterocycles. The van der Waals surface area contributed by atoms with Gasteiger partial charge in [-0.1, -0.05) is 67.1 Å². The average molecular weight is 557 g/mol. The number of benzene rings is 3. The van der Waals surface area contributed by atoms with E-state index in [1.165, 1.54) is 16.2 Å². The highest BCUT2D eigenvalue weighted by Gasteiger charge is 2.48. The third kappa shape index (κ3) is 5.19. The van der Waals surface area contributed by atoms with Crippen molar-refractivity contribution >= 4 is 44.1 Å². The highest BCUT2D eigenvalue weighted by atomic mass is 32.1. The van der Waals surface area contributed by atoms with Gasteiger partial charge in [-0.2, -0.15) is 0 Å². The molecule has 1 aliphatic rings. The second-order valence-electron chi connectivity index (χ2n) is 10.4. The Morgan fingerprint density at radius 1 is 1.00 bits per heavy atom. The summed E-state index contributed by atoms with van der Waals surface area (Å²) in [5, 5.41) is 11.8. The molecule has 0 spiro atoms. The molecule has 2 heterocycles. The van der Waals surface area contributed by atoms with Crippen LogP contribution < -0.4 is 14.4 Å². The first kappa shape index (κ1) is 27.4. The number of carbonyl (C=O) groups excluding carboxylic acids is 2. The number of methoxy groups -OCH3 is 1. The van der Waals surface area contributed by atoms with Gasteiger partial charge in [-0.15, -0.1) is 0 Å². The first-order valence-electron chi connectivity index (χ1n) is 13.2. The van der Waals surface area contributed by atoms with Gasteiger partial charge in [0.1, 0.15) is 5.76 Å². The van der Waals surface area contributed by atoms with E-state index in [1.807, 2.05) is 44.2 Å². The van der Waals surface area contributed by atoms with Crippen LogP contribution in [0.15, 0.2) is 66.2 Å². The number of aromatic nitrogens is 1. The van der Waals surface area contributed by atoms with Crippen LogP contribution >= 0.6 is 11.3 Å². The largest absolute Gasteiger partial charge is 0.507 e. The van der Waals surface area contributed by atoms with E-state index >= 15 is 0 Å². The van der Waals surface area contributed by atoms with Gasteiger partial charge in [0.05, 0.1) is 35.5 Å². The SMILES string of the molecule is COc1cc(C2/C(=C(\O)c3ccc(C)cc3)C(=O)C(=O)N2c2nc3ccc(C)cc3s2)ccc1OCCC(C)C. The normalized spacial score (nSPS) is 16.8. The summed E-state index contributed by atoms with van der Waals surface area (Å²) < 4.78 is 12.5. The number of carbonyl (C=O) groups is 2. The van der Waals surface area contributed by atoms with E-state index in [0.717, 1.165) is 27.8 Å². The summed E-state index contributed by atoms with van der Waals surface area (Å²) in [5.41, 5.74) is 3.86. The van der Waals surface area contributed by atoms with E-state index in [9.17, 15) is 14.7 Å². The fourth-order valence-corrected chi connectivity index (χ4v) is 5.80. The molecule has 0 aliphatic carbocycles. The smallest absolute Gasteiger partial charge is 0.301 e. The summed E-state index contributed by atoms with van der Waals surface area (Å²) in [6.07, 6.45) is 0.888. The number of thiazole rings is 1. The molecule has 4 aromatic rings. The lowest BCUT2D eigenvalue weighted by Gasteiger charge is -2.24. The molecule has 1 unspecified atom stereocenters. The van der Waals surface area contributed by atoms with E-state index in [-0.39, 0.29) is 11.3 Å². The van der Waals surface area contributed by atoms with Gasteiger partial charge in [-0.3, -0.25) is 14.5 Å². The molecule has 40 heavy (non-hydrogen) atoms. The van der Waals surface area contributed by atoms with Crippen molar-refractivity contribution in [3.05, 3.63) is 88.5 Å². The molecule has 1 N–H and O–H groups in total. The van der Waals surface area contributed by atoms with Crippen molar-refractivity contribution in [2.45, 2.75) is 40.2 Å². The van der Waals surface area contributed by atoms with Crippen molar-refractivity contribution in [2.75, 3.05) is 18.6 Å². The Labute approximate surface area is 237 Å². The Morgan fingerprint density at radius 2 is 1.73 bits per heavy atom. The molecular formula is C32H32N2O5S. The number of hydrogen-bond acceptors (Lipinski definition) is 7. The number of anilines is 1. The van der Waals surface area contributed by atoms with Crippen LogP contribution in [0.1, 0.15) is 48.6 Å². The maximum Gasteiger partial charge on any atom is 0.301 e. The molecule has 5 rings (SSSR count). The first-order valence-corrected chi connectivity index (χ1v) is 14.1. The summed E-state index contributed by atoms with van der Waals surface area (Å²) in [6.45, 7) is 8.72. The van der Waals surface area contributed by atoms with Crippen molar-refractivity contribution in [1.82, 2.24) is 4.98 Å². The number of aryl methyl sites for hydroxylation is 2. The van der Waals surface area contributed by atoms with Crippen LogP contribution in [-0.4, -0.2) is 35.5 Å². The summed E-state index contributed by atoms with van der Waals surface area (Å²) >= 11 is 1.33. The lowest BCUT2D eigenvalue weighted by Crippen LogP contribution is -2.29. The molecule has 206 valence electrons. The number of hydrogen-bond donors (Lipinski definition) is 1. The van der Waals surface area contributed by atoms with Gasteiger partial charge in [-0.05, 0) is 61.6 Å². The number of aliphatic hydroxyl groups is 1. The van der Waals surface area contributed by atoms with E-state index in [4.69, 9.17) is 14.5 Å². The molecule has 1 aliphatic heterocycles. The minimum Gasteiger partial charge on any atom is -0.507 e. The molecule has 7 nitrogen and oxygen atoms in total. The summed E-state index contributed by atoms with van der Waals surface area (Å²) in [6, 6.07) is 17.5. The second kappa shape index (κ2) is 11.1. The Kier molecular flexibility index (Phi) is 7.63. The number of ether oxygens (including phenoxy) is 2. The lowest BCUT2D eigenvalue weighted by molar-refractivity contribution is -0.132. The van der Waals surface area contributed by atoms with Crippen molar-refractivity contribution in [2.24, 2.45) is 5.92 Å². The predicted octanol–water partition coefficient (Wildman–Crippen LogP) is 6.97. The van der Waals surface area contributed by atoms with Gasteiger partial charge in [-0.25, -0.2) is 4.98 Å². The van der Waals surface area contributed by atoms with E-state index in [1.54, 1.807) is 37.4 Å². The third-order valence-corrected chi connectivity index (χ3v) is 7.98. The topological polar surface area (TPSA) is 89.0 Å². The van der Waals surface area contributed by atoms with Crippen molar-refractivity contribution in [3.63, 3.8) is 0 Å². The van der Waals surface area contributed by atoms with E-state index in [2.05, 4.69) is 13.8 Å². The van der Waals surface area contributed by atoms with Crippen LogP contribution in [0.3, 0.4) is 0 Å². The van der Waals surface area contributed by atoms with Crippen LogP contribution in [0.4, 0.5) is 5.13 Å². The number of amides is 1. The van der Waals surface area contributed by atoms with Crippen molar-refractivity contribution in [1.29, 1.82) is 0 Å². The van der Waals surface area contributed by atoms with Crippen molar-refractivity contribution < 1.29 is 24.2 Å². The zero-order valence-corrected chi connectivity index (χ0v) is 24.0. The zero-order chi connectivity index (χ0) is 28.6. The monoisotopic (exact) mass is 556 g/mol. The number of fused-ring (bicyclic) bond motifs is 1. The fourth-order valence-electron chi connectivity index (χ4n) is 4.71. The molecule has 1 atom stereocenters. The van der Waals surface area contributed by atoms with Crippen LogP contribution in [0.25, 0.3) is 16.0 Å². The van der Waals surface area contributed by atoms with Gasteiger partial charge in [0.15, 0.2) is 16.6 Å². The average Bonchev–Trinajstić information content (AvgIpc) is 3.46. The standard InChI is InChI=1S/C32H32N2O5S/c1-18(2)14-15-39-24-13-11-22(17-25(24)38-5)28-27(29(35)21-9-6-19(3)7-10-21)30(36)31(37)34(28)32-33-23-12-8-20(4)16-26(23)40-32/h6-13,16-18,28,35H,14-15H2,1-5H3/b29-27+. The lowest BCUT2D eigenvalue weighted by atomic mass is 9.95. The van der Waals surface area contributed by atoms with E-state index in [0.29, 0.717) is 40.3 Å². The summed E-state index contributed by atoms with van der Waals surface area (Å²) in [7, 11) is 1.55. The Hall–Kier alpha value is -4.17. The maximum atomic E-state index is 13.6. The molecule has 0 bridgehead atoms. The Balaban J connectivity index is 1.66. The second-order valence-corrected chi connectivity index (χ2v) is 11.5. The number of rotatable bonds is 8. The quantitative estimate of drug-likeness (QED) is 0.143. The van der Waals surface area contributed by atoms with Gasteiger partial charge in [0.2, 0.25) is 0 Å². The van der Waals surface area contributed by atoms with Gasteiger partial charge >= 0.3 is 5.91 Å². The van der Waals surface area contributed by atoms with Gasteiger partial charge < -0.3 is 14.6 Å². The zero-order valence-electron chi connectivity index (χ0n) is 23.2. The molecule has 3 aromatic carbocycles. The molecule has 0 radical (unpaired) electrons. The van der Waals surface area contributed by atoms with E-state index < -0.39 is 17.7 Å². The third-order valence-electron chi connectivity index (χ3n) is 6.96. The minimum atomic E-state index is -0.915. The Bertz CT molecular complexity index is 1620. The molecule has 1 amide bonds. The molecule has 8 heteroatoms. The number of aliphatic hydroxyl groups excluding tert-OH is 1. The van der Waals surface area contributed by atoms with Crippen LogP contribution in [-0.2, 0) is 9.59 Å². The summed E-state index contributed by atoms with van der Waals surface area (Å²) in [5.74, 6) is -0.219. The van der Waals surface area contributed by atoms with Crippen LogP contribution in [0, 0.1) is 19.8 Å². The van der Waals surface area contributed by atoms with Crippen molar-refractivity contribution in [3.8, 4) is 11.5 Å². The highest BCUT2D eigenvalue weighted by Crippen LogP contribution is 2.46. The van der Waals surface area contributed by atoms with Gasteiger partial charge in [0.25, 0.3) is 5.78 Å². The number of ketones is 1. The molecule has 1 fully saturated rings. The summed E-state index contributed by atoms with van der Waals surface area (Å²) in [4.78, 5) is 33.3.